The molecule has 1 aromatic heterocycles. The fourth-order valence-electron chi connectivity index (χ4n) is 2.81. The van der Waals surface area contributed by atoms with Crippen molar-refractivity contribution < 1.29 is 4.39 Å². The standard InChI is InChI=1S/C20H20FNO/c1-2-3-4-5-14-6-8-15(9-7-14)18-13-20(23)17-11-10-16(21)12-19(17)22-18/h6-13H,2-5H2,1H3,(H,22,23). The van der Waals surface area contributed by atoms with Crippen molar-refractivity contribution in [2.24, 2.45) is 0 Å². The molecule has 0 amide bonds. The summed E-state index contributed by atoms with van der Waals surface area (Å²) in [5, 5.41) is 0.506. The van der Waals surface area contributed by atoms with Crippen LogP contribution >= 0.6 is 0 Å². The lowest BCUT2D eigenvalue weighted by Crippen LogP contribution is -2.03. The van der Waals surface area contributed by atoms with Gasteiger partial charge in [-0.2, -0.15) is 0 Å². The van der Waals surface area contributed by atoms with Crippen LogP contribution in [-0.2, 0) is 6.42 Å². The summed E-state index contributed by atoms with van der Waals surface area (Å²) < 4.78 is 13.4. The van der Waals surface area contributed by atoms with Crippen LogP contribution < -0.4 is 5.43 Å². The van der Waals surface area contributed by atoms with Crippen LogP contribution in [-0.4, -0.2) is 4.98 Å². The summed E-state index contributed by atoms with van der Waals surface area (Å²) in [4.78, 5) is 15.3. The molecule has 0 fully saturated rings. The smallest absolute Gasteiger partial charge is 0.190 e. The molecule has 0 bridgehead atoms. The third-order valence-corrected chi connectivity index (χ3v) is 4.13. The number of benzene rings is 2. The van der Waals surface area contributed by atoms with Gasteiger partial charge in [0.05, 0.1) is 5.52 Å². The fourth-order valence-corrected chi connectivity index (χ4v) is 2.81. The number of fused-ring (bicyclic) bond motifs is 1. The number of nitrogens with one attached hydrogen (secondary N) is 1. The van der Waals surface area contributed by atoms with Gasteiger partial charge in [0, 0.05) is 17.1 Å². The van der Waals surface area contributed by atoms with Gasteiger partial charge in [0.1, 0.15) is 5.82 Å². The molecule has 118 valence electrons. The van der Waals surface area contributed by atoms with Gasteiger partial charge in [0.25, 0.3) is 0 Å². The second-order valence-electron chi connectivity index (χ2n) is 5.89. The highest BCUT2D eigenvalue weighted by Gasteiger charge is 2.05. The van der Waals surface area contributed by atoms with Crippen molar-refractivity contribution in [2.45, 2.75) is 32.6 Å². The van der Waals surface area contributed by atoms with Crippen LogP contribution in [0.5, 0.6) is 0 Å². The van der Waals surface area contributed by atoms with Crippen molar-refractivity contribution in [3.8, 4) is 11.3 Å². The van der Waals surface area contributed by atoms with Gasteiger partial charge < -0.3 is 4.98 Å². The molecule has 0 saturated heterocycles. The van der Waals surface area contributed by atoms with Gasteiger partial charge in [-0.1, -0.05) is 44.0 Å². The Morgan fingerprint density at radius 3 is 2.52 bits per heavy atom. The number of H-pyrrole nitrogens is 1. The molecule has 0 saturated carbocycles. The van der Waals surface area contributed by atoms with Crippen molar-refractivity contribution in [1.29, 1.82) is 0 Å². The molecule has 0 aliphatic heterocycles. The highest BCUT2D eigenvalue weighted by atomic mass is 19.1. The number of rotatable bonds is 5. The largest absolute Gasteiger partial charge is 0.354 e. The number of pyridine rings is 1. The molecule has 0 aliphatic rings. The predicted octanol–water partition coefficient (Wildman–Crippen LogP) is 5.07. The second kappa shape index (κ2) is 6.78. The Morgan fingerprint density at radius 2 is 1.78 bits per heavy atom. The number of hydrogen-bond donors (Lipinski definition) is 1. The highest BCUT2D eigenvalue weighted by Crippen LogP contribution is 2.20. The van der Waals surface area contributed by atoms with E-state index in [-0.39, 0.29) is 11.2 Å². The zero-order chi connectivity index (χ0) is 16.2. The van der Waals surface area contributed by atoms with Crippen molar-refractivity contribution >= 4 is 10.9 Å². The van der Waals surface area contributed by atoms with Crippen LogP contribution in [0.25, 0.3) is 22.2 Å². The van der Waals surface area contributed by atoms with E-state index in [4.69, 9.17) is 0 Å². The third kappa shape index (κ3) is 3.50. The van der Waals surface area contributed by atoms with Crippen LogP contribution in [0.15, 0.2) is 53.3 Å². The summed E-state index contributed by atoms with van der Waals surface area (Å²) in [5.74, 6) is -0.350. The van der Waals surface area contributed by atoms with Crippen molar-refractivity contribution in [3.63, 3.8) is 0 Å². The van der Waals surface area contributed by atoms with Crippen LogP contribution in [0.2, 0.25) is 0 Å². The van der Waals surface area contributed by atoms with Gasteiger partial charge >= 0.3 is 0 Å². The van der Waals surface area contributed by atoms with Crippen molar-refractivity contribution in [2.75, 3.05) is 0 Å². The molecular weight excluding hydrogens is 289 g/mol. The van der Waals surface area contributed by atoms with Gasteiger partial charge in [0.15, 0.2) is 5.43 Å². The van der Waals surface area contributed by atoms with Crippen LogP contribution in [0.1, 0.15) is 31.7 Å². The van der Waals surface area contributed by atoms with E-state index in [1.807, 2.05) is 12.1 Å². The van der Waals surface area contributed by atoms with E-state index in [2.05, 4.69) is 24.0 Å². The summed E-state index contributed by atoms with van der Waals surface area (Å²) >= 11 is 0. The number of hydrogen-bond acceptors (Lipinski definition) is 1. The maximum absolute atomic E-state index is 13.4. The topological polar surface area (TPSA) is 32.9 Å². The van der Waals surface area contributed by atoms with E-state index < -0.39 is 0 Å². The minimum Gasteiger partial charge on any atom is -0.354 e. The molecule has 3 aromatic rings. The number of halogens is 1. The first-order valence-corrected chi connectivity index (χ1v) is 8.09. The number of unbranched alkanes of at least 4 members (excludes halogenated alkanes) is 2. The van der Waals surface area contributed by atoms with E-state index in [0.717, 1.165) is 12.0 Å². The predicted molar refractivity (Wildman–Crippen MR) is 93.2 cm³/mol. The van der Waals surface area contributed by atoms with E-state index in [0.29, 0.717) is 16.6 Å². The number of aromatic amines is 1. The zero-order valence-corrected chi connectivity index (χ0v) is 13.2. The maximum atomic E-state index is 13.4. The molecule has 1 N–H and O–H groups in total. The Morgan fingerprint density at radius 1 is 1.00 bits per heavy atom. The molecule has 0 unspecified atom stereocenters. The molecule has 23 heavy (non-hydrogen) atoms. The Kier molecular flexibility index (Phi) is 4.56. The zero-order valence-electron chi connectivity index (χ0n) is 13.2. The number of aryl methyl sites for hydroxylation is 1. The quantitative estimate of drug-likeness (QED) is 0.656. The average Bonchev–Trinajstić information content (AvgIpc) is 2.55. The molecule has 0 radical (unpaired) electrons. The van der Waals surface area contributed by atoms with Gasteiger partial charge in [-0.3, -0.25) is 4.79 Å². The molecule has 1 heterocycles. The highest BCUT2D eigenvalue weighted by molar-refractivity contribution is 5.81. The summed E-state index contributed by atoms with van der Waals surface area (Å²) in [6, 6.07) is 14.0. The lowest BCUT2D eigenvalue weighted by atomic mass is 10.0. The summed E-state index contributed by atoms with van der Waals surface area (Å²) in [6.45, 7) is 2.20. The molecule has 0 aliphatic carbocycles. The maximum Gasteiger partial charge on any atom is 0.190 e. The summed E-state index contributed by atoms with van der Waals surface area (Å²) in [5.41, 5.74) is 3.39. The van der Waals surface area contributed by atoms with Gasteiger partial charge in [-0.25, -0.2) is 4.39 Å². The van der Waals surface area contributed by atoms with Crippen LogP contribution in [0.3, 0.4) is 0 Å². The minimum atomic E-state index is -0.350. The summed E-state index contributed by atoms with van der Waals surface area (Å²) in [7, 11) is 0. The third-order valence-electron chi connectivity index (χ3n) is 4.13. The Bertz CT molecular complexity index is 865. The normalized spacial score (nSPS) is 11.0. The van der Waals surface area contributed by atoms with E-state index in [9.17, 15) is 9.18 Å². The van der Waals surface area contributed by atoms with E-state index >= 15 is 0 Å². The molecule has 2 nitrogen and oxygen atoms in total. The molecule has 0 atom stereocenters. The molecular formula is C20H20FNO. The fraction of sp³-hybridized carbons (Fsp3) is 0.250. The molecule has 3 heteroatoms. The van der Waals surface area contributed by atoms with Gasteiger partial charge in [-0.15, -0.1) is 0 Å². The van der Waals surface area contributed by atoms with Crippen LogP contribution in [0.4, 0.5) is 4.39 Å². The minimum absolute atomic E-state index is 0.0965. The Balaban J connectivity index is 1.92. The molecule has 3 rings (SSSR count). The first-order valence-electron chi connectivity index (χ1n) is 8.09. The Labute approximate surface area is 135 Å². The Hall–Kier alpha value is -2.42. The first-order chi connectivity index (χ1) is 11.2. The van der Waals surface area contributed by atoms with Gasteiger partial charge in [-0.05, 0) is 42.2 Å². The monoisotopic (exact) mass is 309 g/mol. The first kappa shape index (κ1) is 15.5. The van der Waals surface area contributed by atoms with Crippen LogP contribution in [0, 0.1) is 5.82 Å². The summed E-state index contributed by atoms with van der Waals surface area (Å²) in [6.07, 6.45) is 4.73. The van der Waals surface area contributed by atoms with Crippen molar-refractivity contribution in [1.82, 2.24) is 4.98 Å². The second-order valence-corrected chi connectivity index (χ2v) is 5.89. The molecule has 2 aromatic carbocycles. The lowest BCUT2D eigenvalue weighted by molar-refractivity contribution is 0.629. The number of aromatic nitrogens is 1. The average molecular weight is 309 g/mol. The molecule has 0 spiro atoms. The van der Waals surface area contributed by atoms with Crippen molar-refractivity contribution in [3.05, 3.63) is 70.1 Å². The SMILES string of the molecule is CCCCCc1ccc(-c2cc(=O)c3ccc(F)cc3[nH]2)cc1. The van der Waals surface area contributed by atoms with E-state index in [1.165, 1.54) is 43.0 Å². The van der Waals surface area contributed by atoms with E-state index in [1.54, 1.807) is 6.07 Å². The lowest BCUT2D eigenvalue weighted by Gasteiger charge is -2.06. The van der Waals surface area contributed by atoms with Gasteiger partial charge in [0.2, 0.25) is 0 Å².